The summed E-state index contributed by atoms with van der Waals surface area (Å²) in [6.45, 7) is 0. The molecule has 0 aliphatic rings. The van der Waals surface area contributed by atoms with E-state index in [1.165, 1.54) is 0 Å². The first-order valence-electron chi connectivity index (χ1n) is 0.493. The topological polar surface area (TPSA) is 26.0 Å². The number of rotatable bonds is 0. The van der Waals surface area contributed by atoms with Crippen LogP contribution in [0.15, 0.2) is 0 Å². The molecule has 3 heteroatoms. The minimum absolute atomic E-state index is 0. The van der Waals surface area contributed by atoms with Crippen LogP contribution in [-0.2, 0) is 19.5 Å². The summed E-state index contributed by atoms with van der Waals surface area (Å²) in [5.74, 6) is 0. The number of thiocarbonyl (C=S) groups is 1. The molecule has 0 aliphatic carbocycles. The van der Waals surface area contributed by atoms with E-state index in [-0.39, 0.29) is 19.5 Å². The maximum Gasteiger partial charge on any atom is 0 e. The van der Waals surface area contributed by atoms with E-state index in [1.807, 2.05) is 5.49 Å². The zero-order chi connectivity index (χ0) is 2.71. The van der Waals surface area contributed by atoms with Crippen LogP contribution < -0.4 is 5.73 Å². The molecule has 1 nitrogen and oxygen atoms in total. The molecule has 0 bridgehead atoms. The van der Waals surface area contributed by atoms with Crippen LogP contribution in [0.3, 0.4) is 0 Å². The molecule has 0 atom stereocenters. The van der Waals surface area contributed by atoms with Crippen molar-refractivity contribution >= 4 is 17.7 Å². The van der Waals surface area contributed by atoms with Gasteiger partial charge < -0.3 is 23.4 Å². The SMILES string of the molecule is N[C-]=S.[Zn]. The van der Waals surface area contributed by atoms with E-state index >= 15 is 0 Å². The Bertz CT molecular complexity index is 15.5. The average molecular weight is 125 g/mol. The van der Waals surface area contributed by atoms with Gasteiger partial charge in [0.2, 0.25) is 0 Å². The van der Waals surface area contributed by atoms with Gasteiger partial charge in [-0.15, -0.1) is 0 Å². The van der Waals surface area contributed by atoms with E-state index in [2.05, 4.69) is 18.0 Å². The Kier molecular flexibility index (Phi) is 21.4. The van der Waals surface area contributed by atoms with Gasteiger partial charge in [0.1, 0.15) is 0 Å². The molecule has 0 aromatic heterocycles. The van der Waals surface area contributed by atoms with Gasteiger partial charge in [-0.05, 0) is 0 Å². The Morgan fingerprint density at radius 2 is 1.75 bits per heavy atom. The van der Waals surface area contributed by atoms with E-state index < -0.39 is 0 Å². The summed E-state index contributed by atoms with van der Waals surface area (Å²) in [6, 6.07) is 0. The largest absolute Gasteiger partial charge is 0.570 e. The first kappa shape index (κ1) is 8.82. The predicted octanol–water partition coefficient (Wildman–Crippen LogP) is -0.223. The molecule has 0 radical (unpaired) electrons. The van der Waals surface area contributed by atoms with E-state index in [0.29, 0.717) is 0 Å². The van der Waals surface area contributed by atoms with Crippen molar-refractivity contribution in [2.24, 2.45) is 5.73 Å². The number of hydrogen-bond acceptors (Lipinski definition) is 1. The van der Waals surface area contributed by atoms with Crippen molar-refractivity contribution in [3.63, 3.8) is 0 Å². The third kappa shape index (κ3) is 21.8. The Morgan fingerprint density at radius 3 is 1.75 bits per heavy atom. The molecule has 0 amide bonds. The van der Waals surface area contributed by atoms with Crippen molar-refractivity contribution in [3.05, 3.63) is 0 Å². The van der Waals surface area contributed by atoms with Crippen molar-refractivity contribution in [3.8, 4) is 0 Å². The zero-order valence-corrected chi connectivity index (χ0v) is 5.98. The van der Waals surface area contributed by atoms with Crippen molar-refractivity contribution in [2.75, 3.05) is 0 Å². The van der Waals surface area contributed by atoms with Crippen LogP contribution in [0.5, 0.6) is 0 Å². The molecular formula is CH2NSZn-. The molecule has 0 rings (SSSR count). The van der Waals surface area contributed by atoms with Crippen molar-refractivity contribution < 1.29 is 19.5 Å². The second kappa shape index (κ2) is 9.69. The van der Waals surface area contributed by atoms with Gasteiger partial charge in [-0.1, -0.05) is 0 Å². The molecule has 0 fully saturated rings. The summed E-state index contributed by atoms with van der Waals surface area (Å²) >= 11 is 3.92. The molecule has 20 valence electrons. The van der Waals surface area contributed by atoms with Gasteiger partial charge in [-0.25, -0.2) is 0 Å². The Balaban J connectivity index is 0. The average Bonchev–Trinajstić information content (AvgIpc) is 0.918. The van der Waals surface area contributed by atoms with Crippen molar-refractivity contribution in [1.29, 1.82) is 0 Å². The summed E-state index contributed by atoms with van der Waals surface area (Å²) in [4.78, 5) is 0. The second-order valence-corrected chi connectivity index (χ2v) is 0.354. The Hall–Kier alpha value is 0.513. The van der Waals surface area contributed by atoms with E-state index in [9.17, 15) is 0 Å². The molecule has 0 spiro atoms. The molecule has 0 unspecified atom stereocenters. The van der Waals surface area contributed by atoms with Crippen LogP contribution in [0.2, 0.25) is 0 Å². The van der Waals surface area contributed by atoms with Gasteiger partial charge in [0.05, 0.1) is 0 Å². The fourth-order valence-corrected chi connectivity index (χ4v) is 0. The van der Waals surface area contributed by atoms with E-state index in [0.717, 1.165) is 0 Å². The summed E-state index contributed by atoms with van der Waals surface area (Å²) in [7, 11) is 0. The fraction of sp³-hybridized carbons (Fsp3) is 0. The minimum atomic E-state index is 0. The van der Waals surface area contributed by atoms with Crippen LogP contribution in [-0.4, -0.2) is 5.49 Å². The third-order valence-corrected chi connectivity index (χ3v) is 0. The molecule has 0 aliphatic heterocycles. The van der Waals surface area contributed by atoms with Crippen LogP contribution >= 0.6 is 12.2 Å². The molecule has 4 heavy (non-hydrogen) atoms. The predicted molar refractivity (Wildman–Crippen MR) is 16.8 cm³/mol. The van der Waals surface area contributed by atoms with Gasteiger partial charge in [0.25, 0.3) is 0 Å². The van der Waals surface area contributed by atoms with Crippen molar-refractivity contribution in [1.82, 2.24) is 0 Å². The Labute approximate surface area is 43.3 Å². The standard InChI is InChI=1S/CH2NS.Zn/c2-1-3;/h(H2,2,3);/q-1;. The van der Waals surface area contributed by atoms with E-state index in [1.54, 1.807) is 0 Å². The molecule has 0 aromatic rings. The first-order valence-corrected chi connectivity index (χ1v) is 0.901. The molecule has 2 N–H and O–H groups in total. The van der Waals surface area contributed by atoms with Crippen LogP contribution in [0.1, 0.15) is 0 Å². The third-order valence-electron chi connectivity index (χ3n) is 0. The zero-order valence-electron chi connectivity index (χ0n) is 2.19. The van der Waals surface area contributed by atoms with Gasteiger partial charge in [0.15, 0.2) is 0 Å². The van der Waals surface area contributed by atoms with Crippen molar-refractivity contribution in [2.45, 2.75) is 0 Å². The van der Waals surface area contributed by atoms with E-state index in [4.69, 9.17) is 0 Å². The second-order valence-electron chi connectivity index (χ2n) is 0.118. The smallest absolute Gasteiger partial charge is 0 e. The maximum absolute atomic E-state index is 4.41. The molecular weight excluding hydrogens is 123 g/mol. The fourth-order valence-electron chi connectivity index (χ4n) is 0. The van der Waals surface area contributed by atoms with Gasteiger partial charge in [-0.2, -0.15) is 0 Å². The summed E-state index contributed by atoms with van der Waals surface area (Å²) < 4.78 is 0. The quantitative estimate of drug-likeness (QED) is 0.210. The molecule has 0 saturated heterocycles. The first-order chi connectivity index (χ1) is 1.41. The maximum atomic E-state index is 4.41. The molecule has 0 saturated carbocycles. The molecule has 0 heterocycles. The van der Waals surface area contributed by atoms with Crippen LogP contribution in [0, 0.1) is 0 Å². The van der Waals surface area contributed by atoms with Gasteiger partial charge >= 0.3 is 0 Å². The summed E-state index contributed by atoms with van der Waals surface area (Å²) in [5, 5.41) is 0. The summed E-state index contributed by atoms with van der Waals surface area (Å²) in [5.41, 5.74) is 6.25. The minimum Gasteiger partial charge on any atom is -0.570 e. The number of nitrogens with two attached hydrogens (primary N) is 1. The van der Waals surface area contributed by atoms with Crippen LogP contribution in [0.4, 0.5) is 0 Å². The molecule has 0 aromatic carbocycles. The van der Waals surface area contributed by atoms with Crippen LogP contribution in [0.25, 0.3) is 0 Å². The normalized spacial score (nSPS) is 3.00. The summed E-state index contributed by atoms with van der Waals surface area (Å²) in [6.07, 6.45) is 0. The monoisotopic (exact) mass is 124 g/mol. The number of hydrogen-bond donors (Lipinski definition) is 1. The van der Waals surface area contributed by atoms with Gasteiger partial charge in [-0.3, -0.25) is 0 Å². The van der Waals surface area contributed by atoms with Gasteiger partial charge in [0, 0.05) is 19.5 Å². The Morgan fingerprint density at radius 1 is 1.75 bits per heavy atom.